The first kappa shape index (κ1) is 20.6. The van der Waals surface area contributed by atoms with Gasteiger partial charge in [0, 0.05) is 6.07 Å². The van der Waals surface area contributed by atoms with Gasteiger partial charge in [-0.2, -0.15) is 0 Å². The molecule has 0 N–H and O–H groups in total. The van der Waals surface area contributed by atoms with Crippen LogP contribution in [-0.4, -0.2) is 38.6 Å². The quantitative estimate of drug-likeness (QED) is 0.322. The number of nitrogens with zero attached hydrogens (tertiary/aromatic N) is 3. The van der Waals surface area contributed by atoms with Gasteiger partial charge in [-0.05, 0) is 24.3 Å². The van der Waals surface area contributed by atoms with Crippen molar-refractivity contribution in [2.75, 3.05) is 6.54 Å². The van der Waals surface area contributed by atoms with E-state index in [9.17, 15) is 19.2 Å². The SMILES string of the molecule is O=C(CN1C(=O)c2cc(Cl)c(Cl)cc2C1=O)OCc1cc(=O)n2c(n1)sc1ccccc12. The van der Waals surface area contributed by atoms with Crippen LogP contribution in [-0.2, 0) is 16.1 Å². The molecule has 0 atom stereocenters. The molecule has 0 radical (unpaired) electrons. The normalized spacial score (nSPS) is 13.2. The summed E-state index contributed by atoms with van der Waals surface area (Å²) >= 11 is 13.2. The predicted molar refractivity (Wildman–Crippen MR) is 118 cm³/mol. The third-order valence-electron chi connectivity index (χ3n) is 4.93. The molecule has 1 aliphatic rings. The maximum absolute atomic E-state index is 12.5. The molecule has 3 heterocycles. The zero-order valence-electron chi connectivity index (χ0n) is 16.0. The molecule has 2 aromatic carbocycles. The summed E-state index contributed by atoms with van der Waals surface area (Å²) in [5.41, 5.74) is 0.854. The predicted octanol–water partition coefficient (Wildman–Crippen LogP) is 3.56. The second-order valence-electron chi connectivity index (χ2n) is 6.94. The van der Waals surface area contributed by atoms with Gasteiger partial charge in [-0.25, -0.2) is 4.98 Å². The van der Waals surface area contributed by atoms with Gasteiger partial charge in [0.1, 0.15) is 13.2 Å². The topological polar surface area (TPSA) is 98.0 Å². The summed E-state index contributed by atoms with van der Waals surface area (Å²) in [6.45, 7) is -0.870. The first-order valence-electron chi connectivity index (χ1n) is 9.24. The van der Waals surface area contributed by atoms with Crippen molar-refractivity contribution < 1.29 is 19.1 Å². The van der Waals surface area contributed by atoms with Gasteiger partial charge < -0.3 is 4.74 Å². The Morgan fingerprint density at radius 2 is 1.66 bits per heavy atom. The van der Waals surface area contributed by atoms with Crippen LogP contribution in [0, 0.1) is 0 Å². The Morgan fingerprint density at radius 1 is 1.00 bits per heavy atom. The number of carbonyl (C=O) groups is 3. The highest BCUT2D eigenvalue weighted by atomic mass is 35.5. The minimum atomic E-state index is -0.824. The molecule has 0 saturated heterocycles. The van der Waals surface area contributed by atoms with Crippen LogP contribution in [0.15, 0.2) is 47.3 Å². The number of thiazole rings is 1. The fourth-order valence-electron chi connectivity index (χ4n) is 3.45. The number of fused-ring (bicyclic) bond motifs is 4. The summed E-state index contributed by atoms with van der Waals surface area (Å²) in [5, 5.41) is 0.259. The fourth-order valence-corrected chi connectivity index (χ4v) is 4.83. The molecular weight excluding hydrogens is 477 g/mol. The van der Waals surface area contributed by atoms with Gasteiger partial charge in [-0.3, -0.25) is 28.5 Å². The lowest BCUT2D eigenvalue weighted by Crippen LogP contribution is -2.35. The van der Waals surface area contributed by atoms with Crippen molar-refractivity contribution in [1.29, 1.82) is 0 Å². The van der Waals surface area contributed by atoms with E-state index in [2.05, 4.69) is 4.98 Å². The minimum absolute atomic E-state index is 0.0714. The smallest absolute Gasteiger partial charge is 0.326 e. The van der Waals surface area contributed by atoms with Gasteiger partial charge in [0.2, 0.25) is 0 Å². The Kier molecular flexibility index (Phi) is 4.96. The maximum atomic E-state index is 12.5. The molecule has 11 heteroatoms. The molecule has 0 bridgehead atoms. The second-order valence-corrected chi connectivity index (χ2v) is 8.77. The monoisotopic (exact) mass is 487 g/mol. The lowest BCUT2D eigenvalue weighted by molar-refractivity contribution is -0.145. The highest BCUT2D eigenvalue weighted by Crippen LogP contribution is 2.31. The Labute approximate surface area is 193 Å². The first-order valence-corrected chi connectivity index (χ1v) is 10.8. The second kappa shape index (κ2) is 7.70. The molecular formula is C21H11Cl2N3O5S. The zero-order valence-corrected chi connectivity index (χ0v) is 18.3. The summed E-state index contributed by atoms with van der Waals surface area (Å²) < 4.78 is 7.55. The summed E-state index contributed by atoms with van der Waals surface area (Å²) in [5.74, 6) is -2.15. The van der Waals surface area contributed by atoms with Crippen LogP contribution in [0.2, 0.25) is 10.0 Å². The van der Waals surface area contributed by atoms with Crippen LogP contribution in [0.5, 0.6) is 0 Å². The van der Waals surface area contributed by atoms with E-state index in [1.165, 1.54) is 33.9 Å². The van der Waals surface area contributed by atoms with Crippen molar-refractivity contribution >= 4 is 67.5 Å². The summed E-state index contributed by atoms with van der Waals surface area (Å²) in [6.07, 6.45) is 0. The molecule has 2 amide bonds. The van der Waals surface area contributed by atoms with Crippen LogP contribution in [0.25, 0.3) is 15.2 Å². The number of carbonyl (C=O) groups excluding carboxylic acids is 3. The van der Waals surface area contributed by atoms with E-state index in [1.54, 1.807) is 0 Å². The third kappa shape index (κ3) is 3.35. The number of ether oxygens (including phenoxy) is 1. The molecule has 5 rings (SSSR count). The Bertz CT molecular complexity index is 1490. The number of amides is 2. The van der Waals surface area contributed by atoms with Gasteiger partial charge in [0.25, 0.3) is 17.4 Å². The van der Waals surface area contributed by atoms with Gasteiger partial charge in [0.15, 0.2) is 4.96 Å². The number of esters is 1. The van der Waals surface area contributed by atoms with Crippen LogP contribution >= 0.6 is 34.5 Å². The Morgan fingerprint density at radius 3 is 2.34 bits per heavy atom. The van der Waals surface area contributed by atoms with Crippen LogP contribution in [0.4, 0.5) is 0 Å². The number of imide groups is 1. The van der Waals surface area contributed by atoms with E-state index in [1.807, 2.05) is 24.3 Å². The average molecular weight is 488 g/mol. The van der Waals surface area contributed by atoms with Crippen molar-refractivity contribution in [2.24, 2.45) is 0 Å². The van der Waals surface area contributed by atoms with E-state index in [4.69, 9.17) is 27.9 Å². The number of aromatic nitrogens is 2. The third-order valence-corrected chi connectivity index (χ3v) is 6.67. The van der Waals surface area contributed by atoms with Crippen molar-refractivity contribution in [3.8, 4) is 0 Å². The standard InChI is InChI=1S/C21H11Cl2N3O5S/c22-13-6-11-12(7-14(13)23)20(30)25(19(11)29)8-18(28)31-9-10-5-17(27)26-15-3-1-2-4-16(15)32-21(26)24-10/h1-7H,8-9H2. The molecule has 32 heavy (non-hydrogen) atoms. The maximum Gasteiger partial charge on any atom is 0.326 e. The number of halogens is 2. The highest BCUT2D eigenvalue weighted by Gasteiger charge is 2.37. The number of para-hydroxylation sites is 1. The van der Waals surface area contributed by atoms with Gasteiger partial charge in [0.05, 0.1) is 37.1 Å². The summed E-state index contributed by atoms with van der Waals surface area (Å²) in [7, 11) is 0. The summed E-state index contributed by atoms with van der Waals surface area (Å²) in [6, 6.07) is 11.3. The van der Waals surface area contributed by atoms with E-state index in [0.29, 0.717) is 4.96 Å². The van der Waals surface area contributed by atoms with Crippen molar-refractivity contribution in [1.82, 2.24) is 14.3 Å². The number of rotatable bonds is 4. The molecule has 0 unspecified atom stereocenters. The van der Waals surface area contributed by atoms with Gasteiger partial charge >= 0.3 is 5.97 Å². The van der Waals surface area contributed by atoms with E-state index in [0.717, 1.165) is 15.1 Å². The molecule has 2 aromatic heterocycles. The van der Waals surface area contributed by atoms with Gasteiger partial charge in [-0.15, -0.1) is 0 Å². The number of hydrogen-bond acceptors (Lipinski definition) is 7. The molecule has 0 spiro atoms. The zero-order chi connectivity index (χ0) is 22.6. The molecule has 0 aliphatic carbocycles. The Balaban J connectivity index is 1.32. The van der Waals surface area contributed by atoms with Crippen LogP contribution in [0.3, 0.4) is 0 Å². The molecule has 0 saturated carbocycles. The van der Waals surface area contributed by atoms with Crippen molar-refractivity contribution in [2.45, 2.75) is 6.61 Å². The van der Waals surface area contributed by atoms with E-state index >= 15 is 0 Å². The molecule has 1 aliphatic heterocycles. The number of hydrogen-bond donors (Lipinski definition) is 0. The lowest BCUT2D eigenvalue weighted by atomic mass is 10.1. The minimum Gasteiger partial charge on any atom is -0.458 e. The molecule has 0 fully saturated rings. The molecule has 8 nitrogen and oxygen atoms in total. The molecule has 4 aromatic rings. The first-order chi connectivity index (χ1) is 15.3. The van der Waals surface area contributed by atoms with Crippen LogP contribution < -0.4 is 5.56 Å². The van der Waals surface area contributed by atoms with E-state index < -0.39 is 24.3 Å². The molecule has 160 valence electrons. The van der Waals surface area contributed by atoms with Crippen molar-refractivity contribution in [3.05, 3.63) is 79.7 Å². The lowest BCUT2D eigenvalue weighted by Gasteiger charge is -2.12. The van der Waals surface area contributed by atoms with Crippen molar-refractivity contribution in [3.63, 3.8) is 0 Å². The largest absolute Gasteiger partial charge is 0.458 e. The number of benzene rings is 2. The van der Waals surface area contributed by atoms with Crippen LogP contribution in [0.1, 0.15) is 26.4 Å². The average Bonchev–Trinajstić information content (AvgIpc) is 3.24. The summed E-state index contributed by atoms with van der Waals surface area (Å²) in [4.78, 5) is 55.5. The van der Waals surface area contributed by atoms with Gasteiger partial charge in [-0.1, -0.05) is 46.7 Å². The van der Waals surface area contributed by atoms with E-state index in [-0.39, 0.29) is 39.0 Å². The fraction of sp³-hybridized carbons (Fsp3) is 0.0952. The Hall–Kier alpha value is -3.27. The highest BCUT2D eigenvalue weighted by molar-refractivity contribution is 7.23.